The van der Waals surface area contributed by atoms with Crippen molar-refractivity contribution in [2.75, 3.05) is 26.4 Å². The van der Waals surface area contributed by atoms with Crippen molar-refractivity contribution in [3.63, 3.8) is 0 Å². The van der Waals surface area contributed by atoms with Crippen molar-refractivity contribution in [3.05, 3.63) is 156 Å². The standard InChI is InChI=1S/C52H38F12O10/c1-3-41(65)71-23-7-5-21-69-37-17-19-39(45(51(59,60)61)43(37)49(53,54)55)73-47(67)35-15-13-31-25-29(9-11-33(31)27-35)30-10-12-34-28-36(16-14-32(34)26-30)48(68)74-40-20-18-38(70-22-6-8-24-72-42(66)4-2)44(50(56,57)58)46(40)52(62,63)64/h3-4,9-20,25-28H,1-2,5-8,21-24H2. The third-order valence-corrected chi connectivity index (χ3v) is 10.7. The highest BCUT2D eigenvalue weighted by atomic mass is 19.4. The van der Waals surface area contributed by atoms with Gasteiger partial charge in [0.2, 0.25) is 0 Å². The van der Waals surface area contributed by atoms with Crippen LogP contribution in [-0.4, -0.2) is 50.3 Å². The monoisotopic (exact) mass is 1050 g/mol. The maximum atomic E-state index is 14.3. The maximum absolute atomic E-state index is 14.3. The lowest BCUT2D eigenvalue weighted by molar-refractivity contribution is -0.163. The molecule has 0 aromatic heterocycles. The second kappa shape index (κ2) is 22.8. The Morgan fingerprint density at radius 3 is 1.03 bits per heavy atom. The van der Waals surface area contributed by atoms with E-state index in [4.69, 9.17) is 28.4 Å². The molecule has 0 spiro atoms. The van der Waals surface area contributed by atoms with Gasteiger partial charge in [-0.15, -0.1) is 0 Å². The first kappa shape index (κ1) is 55.3. The predicted octanol–water partition coefficient (Wildman–Crippen LogP) is 13.9. The average molecular weight is 1050 g/mol. The number of fused-ring (bicyclic) bond motifs is 2. The zero-order chi connectivity index (χ0) is 54.2. The Morgan fingerprint density at radius 1 is 0.392 bits per heavy atom. The van der Waals surface area contributed by atoms with E-state index in [1.165, 1.54) is 48.5 Å². The van der Waals surface area contributed by atoms with Gasteiger partial charge >= 0.3 is 48.6 Å². The lowest BCUT2D eigenvalue weighted by Gasteiger charge is -2.22. The summed E-state index contributed by atoms with van der Waals surface area (Å²) in [5, 5.41) is 1.70. The molecular formula is C52H38F12O10. The average Bonchev–Trinajstić information content (AvgIpc) is 3.34. The minimum atomic E-state index is -5.67. The number of benzene rings is 6. The molecule has 0 aliphatic carbocycles. The fourth-order valence-electron chi connectivity index (χ4n) is 7.32. The molecule has 74 heavy (non-hydrogen) atoms. The number of alkyl halides is 12. The topological polar surface area (TPSA) is 124 Å². The van der Waals surface area contributed by atoms with E-state index in [0.717, 1.165) is 12.2 Å². The van der Waals surface area contributed by atoms with Crippen molar-refractivity contribution in [2.24, 2.45) is 0 Å². The minimum absolute atomic E-state index is 0.00291. The summed E-state index contributed by atoms with van der Waals surface area (Å²) >= 11 is 0. The van der Waals surface area contributed by atoms with Crippen LogP contribution in [0.25, 0.3) is 32.7 Å². The predicted molar refractivity (Wildman–Crippen MR) is 241 cm³/mol. The lowest BCUT2D eigenvalue weighted by Crippen LogP contribution is -2.21. The Kier molecular flexibility index (Phi) is 17.0. The molecule has 10 nitrogen and oxygen atoms in total. The van der Waals surface area contributed by atoms with Crippen LogP contribution in [0.4, 0.5) is 52.7 Å². The minimum Gasteiger partial charge on any atom is -0.493 e. The molecule has 0 bridgehead atoms. The van der Waals surface area contributed by atoms with Crippen molar-refractivity contribution in [2.45, 2.75) is 50.4 Å². The molecule has 6 aromatic carbocycles. The number of unbranched alkanes of at least 4 members (excludes halogenated alkanes) is 2. The quantitative estimate of drug-likeness (QED) is 0.0255. The molecule has 6 aromatic rings. The fraction of sp³-hybridized carbons (Fsp3) is 0.231. The largest absolute Gasteiger partial charge is 0.493 e. The van der Waals surface area contributed by atoms with Crippen molar-refractivity contribution >= 4 is 45.4 Å². The van der Waals surface area contributed by atoms with Crippen LogP contribution in [0.15, 0.2) is 122 Å². The summed E-state index contributed by atoms with van der Waals surface area (Å²) in [5.41, 5.74) is -8.50. The number of hydrogen-bond acceptors (Lipinski definition) is 10. The molecule has 0 fully saturated rings. The van der Waals surface area contributed by atoms with Crippen molar-refractivity contribution in [1.82, 2.24) is 0 Å². The van der Waals surface area contributed by atoms with Crippen LogP contribution in [-0.2, 0) is 43.8 Å². The molecule has 0 saturated heterocycles. The van der Waals surface area contributed by atoms with Gasteiger partial charge in [0.25, 0.3) is 0 Å². The molecule has 390 valence electrons. The molecule has 0 saturated carbocycles. The third kappa shape index (κ3) is 13.7. The van der Waals surface area contributed by atoms with Gasteiger partial charge in [-0.3, -0.25) is 0 Å². The van der Waals surface area contributed by atoms with Crippen LogP contribution in [0.2, 0.25) is 0 Å². The summed E-state index contributed by atoms with van der Waals surface area (Å²) in [6, 6.07) is 19.5. The van der Waals surface area contributed by atoms with Crippen molar-refractivity contribution in [1.29, 1.82) is 0 Å². The number of rotatable bonds is 19. The number of hydrogen-bond donors (Lipinski definition) is 0. The molecule has 0 unspecified atom stereocenters. The first-order valence-corrected chi connectivity index (χ1v) is 21.8. The van der Waals surface area contributed by atoms with Crippen LogP contribution in [0.3, 0.4) is 0 Å². The second-order valence-electron chi connectivity index (χ2n) is 15.8. The summed E-state index contributed by atoms with van der Waals surface area (Å²) in [6.07, 6.45) is -20.6. The van der Waals surface area contributed by atoms with Gasteiger partial charge in [-0.2, -0.15) is 52.7 Å². The summed E-state index contributed by atoms with van der Waals surface area (Å²) in [6.45, 7) is 5.15. The third-order valence-electron chi connectivity index (χ3n) is 10.7. The molecule has 6 rings (SSSR count). The Hall–Kier alpha value is -8.04. The highest BCUT2D eigenvalue weighted by Crippen LogP contribution is 2.51. The molecule has 0 heterocycles. The molecule has 0 aliphatic heterocycles. The van der Waals surface area contributed by atoms with Gasteiger partial charge in [-0.05, 0) is 119 Å². The Balaban J connectivity index is 1.17. The number of carbonyl (C=O) groups excluding carboxylic acids is 4. The zero-order valence-electron chi connectivity index (χ0n) is 38.1. The van der Waals surface area contributed by atoms with E-state index >= 15 is 0 Å². The highest BCUT2D eigenvalue weighted by Gasteiger charge is 2.50. The van der Waals surface area contributed by atoms with Crippen LogP contribution in [0, 0.1) is 0 Å². The first-order chi connectivity index (χ1) is 34.8. The zero-order valence-corrected chi connectivity index (χ0v) is 38.1. The van der Waals surface area contributed by atoms with E-state index in [1.807, 2.05) is 0 Å². The van der Waals surface area contributed by atoms with Gasteiger partial charge in [-0.25, -0.2) is 19.2 Å². The number of ether oxygens (including phenoxy) is 6. The summed E-state index contributed by atoms with van der Waals surface area (Å²) in [5.74, 6) is -9.55. The lowest BCUT2D eigenvalue weighted by atomic mass is 9.97. The number of esters is 4. The van der Waals surface area contributed by atoms with Gasteiger partial charge in [0.15, 0.2) is 0 Å². The summed E-state index contributed by atoms with van der Waals surface area (Å²) in [4.78, 5) is 48.7. The number of carbonyl (C=O) groups is 4. The van der Waals surface area contributed by atoms with E-state index in [-0.39, 0.29) is 50.0 Å². The van der Waals surface area contributed by atoms with E-state index in [9.17, 15) is 71.9 Å². The fourth-order valence-corrected chi connectivity index (χ4v) is 7.32. The van der Waals surface area contributed by atoms with Crippen LogP contribution in [0.1, 0.15) is 68.7 Å². The van der Waals surface area contributed by atoms with Gasteiger partial charge in [0.1, 0.15) is 45.3 Å². The van der Waals surface area contributed by atoms with E-state index < -0.39 is 107 Å². The highest BCUT2D eigenvalue weighted by molar-refractivity contribution is 6.00. The molecule has 0 atom stereocenters. The van der Waals surface area contributed by atoms with Gasteiger partial charge in [0, 0.05) is 12.2 Å². The Bertz CT molecular complexity index is 2890. The van der Waals surface area contributed by atoms with Crippen LogP contribution >= 0.6 is 0 Å². The smallest absolute Gasteiger partial charge is 0.420 e. The Morgan fingerprint density at radius 2 is 0.689 bits per heavy atom. The molecule has 0 radical (unpaired) electrons. The normalized spacial score (nSPS) is 12.0. The van der Waals surface area contributed by atoms with E-state index in [2.05, 4.69) is 13.2 Å². The van der Waals surface area contributed by atoms with Crippen LogP contribution in [0.5, 0.6) is 23.0 Å². The summed E-state index contributed by atoms with van der Waals surface area (Å²) < 4.78 is 201. The number of halogens is 12. The van der Waals surface area contributed by atoms with Crippen molar-refractivity contribution < 1.29 is 100 Å². The Labute approximate surface area is 411 Å². The van der Waals surface area contributed by atoms with Gasteiger partial charge in [0.05, 0.1) is 37.6 Å². The van der Waals surface area contributed by atoms with Gasteiger partial charge in [-0.1, -0.05) is 49.6 Å². The van der Waals surface area contributed by atoms with Crippen molar-refractivity contribution in [3.8, 4) is 34.1 Å². The maximum Gasteiger partial charge on any atom is 0.420 e. The van der Waals surface area contributed by atoms with Crippen LogP contribution < -0.4 is 18.9 Å². The second-order valence-corrected chi connectivity index (χ2v) is 15.8. The van der Waals surface area contributed by atoms with E-state index in [0.29, 0.717) is 56.9 Å². The molecule has 0 aliphatic rings. The van der Waals surface area contributed by atoms with Gasteiger partial charge < -0.3 is 28.4 Å². The summed E-state index contributed by atoms with van der Waals surface area (Å²) in [7, 11) is 0. The molecule has 0 amide bonds. The van der Waals surface area contributed by atoms with E-state index in [1.54, 1.807) is 24.3 Å². The molecule has 22 heteroatoms. The first-order valence-electron chi connectivity index (χ1n) is 21.8. The molecule has 0 N–H and O–H groups in total. The molecular weight excluding hydrogens is 1010 g/mol. The SMILES string of the molecule is C=CC(=O)OCCCCOc1ccc(OC(=O)c2ccc3cc(-c4ccc5cc(C(=O)Oc6ccc(OCCCCOC(=O)C=C)c(C(F)(F)F)c6C(F)(F)F)ccc5c4)ccc3c2)c(C(F)(F)F)c1C(F)(F)F.